The zero-order valence-corrected chi connectivity index (χ0v) is 8.92. The third kappa shape index (κ3) is 2.16. The smallest absolute Gasteiger partial charge is 0.126 e. The van der Waals surface area contributed by atoms with Crippen molar-refractivity contribution < 1.29 is 4.39 Å². The van der Waals surface area contributed by atoms with Gasteiger partial charge in [-0.1, -0.05) is 23.7 Å². The van der Waals surface area contributed by atoms with E-state index in [1.54, 1.807) is 31.3 Å². The van der Waals surface area contributed by atoms with Gasteiger partial charge in [-0.05, 0) is 30.7 Å². The molecule has 1 nitrogen and oxygen atoms in total. The second kappa shape index (κ2) is 3.99. The van der Waals surface area contributed by atoms with E-state index in [2.05, 4.69) is 4.98 Å². The van der Waals surface area contributed by atoms with Gasteiger partial charge in [0.05, 0.1) is 5.69 Å². The van der Waals surface area contributed by atoms with Gasteiger partial charge in [0.1, 0.15) is 5.82 Å². The second-order valence-corrected chi connectivity index (χ2v) is 3.76. The average Bonchev–Trinajstić information content (AvgIpc) is 2.22. The molecule has 0 bridgehead atoms. The van der Waals surface area contributed by atoms with Crippen LogP contribution in [0.25, 0.3) is 11.3 Å². The molecule has 0 aliphatic rings. The van der Waals surface area contributed by atoms with Gasteiger partial charge in [-0.3, -0.25) is 4.98 Å². The Balaban J connectivity index is 2.50. The molecule has 0 spiro atoms. The van der Waals surface area contributed by atoms with Gasteiger partial charge in [0.2, 0.25) is 0 Å². The molecule has 0 N–H and O–H groups in total. The number of nitrogens with zero attached hydrogens (tertiary/aromatic N) is 1. The first kappa shape index (κ1) is 10.1. The zero-order chi connectivity index (χ0) is 10.8. The van der Waals surface area contributed by atoms with Gasteiger partial charge in [-0.2, -0.15) is 0 Å². The number of hydrogen-bond acceptors (Lipinski definition) is 1. The van der Waals surface area contributed by atoms with Crippen molar-refractivity contribution in [3.05, 3.63) is 52.9 Å². The maximum atomic E-state index is 13.3. The van der Waals surface area contributed by atoms with E-state index in [0.29, 0.717) is 16.3 Å². The second-order valence-electron chi connectivity index (χ2n) is 3.32. The summed E-state index contributed by atoms with van der Waals surface area (Å²) in [5.41, 5.74) is 2.04. The van der Waals surface area contributed by atoms with Gasteiger partial charge >= 0.3 is 0 Å². The lowest BCUT2D eigenvalue weighted by Crippen LogP contribution is -1.86. The van der Waals surface area contributed by atoms with Crippen molar-refractivity contribution in [1.82, 2.24) is 4.98 Å². The minimum atomic E-state index is -0.228. The molecule has 0 aliphatic heterocycles. The monoisotopic (exact) mass is 221 g/mol. The summed E-state index contributed by atoms with van der Waals surface area (Å²) in [6.45, 7) is 1.73. The van der Waals surface area contributed by atoms with Crippen LogP contribution in [0.15, 0.2) is 36.5 Å². The van der Waals surface area contributed by atoms with E-state index >= 15 is 0 Å². The Labute approximate surface area is 92.5 Å². The van der Waals surface area contributed by atoms with Crippen molar-refractivity contribution in [2.45, 2.75) is 6.92 Å². The minimum Gasteiger partial charge on any atom is -0.256 e. The van der Waals surface area contributed by atoms with Crippen LogP contribution in [0.1, 0.15) is 5.56 Å². The Morgan fingerprint density at radius 2 is 2.00 bits per heavy atom. The van der Waals surface area contributed by atoms with E-state index in [0.717, 1.165) is 5.56 Å². The predicted molar refractivity (Wildman–Crippen MR) is 59.4 cm³/mol. The summed E-state index contributed by atoms with van der Waals surface area (Å²) >= 11 is 5.83. The fourth-order valence-corrected chi connectivity index (χ4v) is 1.47. The van der Waals surface area contributed by atoms with Crippen LogP contribution in [0.4, 0.5) is 4.39 Å². The Morgan fingerprint density at radius 3 is 2.67 bits per heavy atom. The van der Waals surface area contributed by atoms with Crippen LogP contribution < -0.4 is 0 Å². The van der Waals surface area contributed by atoms with Gasteiger partial charge in [-0.25, -0.2) is 4.39 Å². The van der Waals surface area contributed by atoms with E-state index < -0.39 is 0 Å². The van der Waals surface area contributed by atoms with Crippen LogP contribution in [0.2, 0.25) is 5.02 Å². The Hall–Kier alpha value is -1.41. The molecule has 0 amide bonds. The van der Waals surface area contributed by atoms with Gasteiger partial charge < -0.3 is 0 Å². The Morgan fingerprint density at radius 1 is 1.20 bits per heavy atom. The van der Waals surface area contributed by atoms with Crippen molar-refractivity contribution >= 4 is 11.6 Å². The normalized spacial score (nSPS) is 10.3. The molecule has 1 heterocycles. The van der Waals surface area contributed by atoms with Crippen LogP contribution in [-0.4, -0.2) is 4.98 Å². The van der Waals surface area contributed by atoms with Crippen LogP contribution in [0, 0.1) is 12.7 Å². The number of halogens is 2. The predicted octanol–water partition coefficient (Wildman–Crippen LogP) is 3.85. The molecule has 0 unspecified atom stereocenters. The van der Waals surface area contributed by atoms with E-state index in [1.807, 2.05) is 6.07 Å². The number of aryl methyl sites for hydroxylation is 1. The molecular formula is C12H9ClFN. The number of benzene rings is 1. The van der Waals surface area contributed by atoms with Gasteiger partial charge in [0.25, 0.3) is 0 Å². The molecule has 76 valence electrons. The summed E-state index contributed by atoms with van der Waals surface area (Å²) in [4.78, 5) is 4.13. The van der Waals surface area contributed by atoms with Crippen LogP contribution >= 0.6 is 11.6 Å². The first-order valence-electron chi connectivity index (χ1n) is 4.55. The summed E-state index contributed by atoms with van der Waals surface area (Å²) in [6.07, 6.45) is 1.61. The van der Waals surface area contributed by atoms with Crippen molar-refractivity contribution in [2.24, 2.45) is 0 Å². The van der Waals surface area contributed by atoms with Gasteiger partial charge in [0, 0.05) is 16.8 Å². The molecule has 2 rings (SSSR count). The lowest BCUT2D eigenvalue weighted by molar-refractivity contribution is 0.619. The molecular weight excluding hydrogens is 213 g/mol. The molecule has 0 fully saturated rings. The lowest BCUT2D eigenvalue weighted by atomic mass is 10.1. The Bertz CT molecular complexity index is 497. The molecule has 3 heteroatoms. The van der Waals surface area contributed by atoms with Crippen LogP contribution in [0.3, 0.4) is 0 Å². The molecule has 2 aromatic rings. The SMILES string of the molecule is Cc1ccc(-c2cc(Cl)ccn2)cc1F. The highest BCUT2D eigenvalue weighted by atomic mass is 35.5. The number of rotatable bonds is 1. The van der Waals surface area contributed by atoms with Gasteiger partial charge in [-0.15, -0.1) is 0 Å². The summed E-state index contributed by atoms with van der Waals surface area (Å²) in [5, 5.41) is 0.598. The summed E-state index contributed by atoms with van der Waals surface area (Å²) in [5.74, 6) is -0.228. The van der Waals surface area contributed by atoms with Crippen LogP contribution in [-0.2, 0) is 0 Å². The fourth-order valence-electron chi connectivity index (χ4n) is 1.31. The molecule has 1 aromatic carbocycles. The topological polar surface area (TPSA) is 12.9 Å². The maximum Gasteiger partial charge on any atom is 0.126 e. The van der Waals surface area contributed by atoms with E-state index in [-0.39, 0.29) is 5.82 Å². The van der Waals surface area contributed by atoms with E-state index in [9.17, 15) is 4.39 Å². The van der Waals surface area contributed by atoms with Gasteiger partial charge in [0.15, 0.2) is 0 Å². The van der Waals surface area contributed by atoms with Crippen LogP contribution in [0.5, 0.6) is 0 Å². The Kier molecular flexibility index (Phi) is 2.69. The first-order valence-corrected chi connectivity index (χ1v) is 4.93. The number of aromatic nitrogens is 1. The third-order valence-electron chi connectivity index (χ3n) is 2.19. The minimum absolute atomic E-state index is 0.228. The molecule has 0 aliphatic carbocycles. The van der Waals surface area contributed by atoms with Crippen molar-refractivity contribution in [3.63, 3.8) is 0 Å². The summed E-state index contributed by atoms with van der Waals surface area (Å²) in [7, 11) is 0. The first-order chi connectivity index (χ1) is 7.16. The average molecular weight is 222 g/mol. The largest absolute Gasteiger partial charge is 0.256 e. The third-order valence-corrected chi connectivity index (χ3v) is 2.42. The highest BCUT2D eigenvalue weighted by Crippen LogP contribution is 2.21. The maximum absolute atomic E-state index is 13.3. The molecule has 15 heavy (non-hydrogen) atoms. The fraction of sp³-hybridized carbons (Fsp3) is 0.0833. The molecule has 0 saturated carbocycles. The molecule has 0 radical (unpaired) electrons. The van der Waals surface area contributed by atoms with E-state index in [4.69, 9.17) is 11.6 Å². The number of hydrogen-bond donors (Lipinski definition) is 0. The lowest BCUT2D eigenvalue weighted by Gasteiger charge is -2.02. The summed E-state index contributed by atoms with van der Waals surface area (Å²) in [6, 6.07) is 8.43. The molecule has 1 aromatic heterocycles. The zero-order valence-electron chi connectivity index (χ0n) is 8.17. The quantitative estimate of drug-likeness (QED) is 0.713. The summed E-state index contributed by atoms with van der Waals surface area (Å²) < 4.78 is 13.3. The molecule has 0 atom stereocenters. The number of pyridine rings is 1. The molecule has 0 saturated heterocycles. The highest BCUT2D eigenvalue weighted by Gasteiger charge is 2.03. The van der Waals surface area contributed by atoms with Crippen molar-refractivity contribution in [3.8, 4) is 11.3 Å². The standard InChI is InChI=1S/C12H9ClFN/c1-8-2-3-9(6-11(8)14)12-7-10(13)4-5-15-12/h2-7H,1H3. The van der Waals surface area contributed by atoms with Crippen molar-refractivity contribution in [2.75, 3.05) is 0 Å². The highest BCUT2D eigenvalue weighted by molar-refractivity contribution is 6.30. The van der Waals surface area contributed by atoms with Crippen molar-refractivity contribution in [1.29, 1.82) is 0 Å². The van der Waals surface area contributed by atoms with E-state index in [1.165, 1.54) is 6.07 Å².